The van der Waals surface area contributed by atoms with Gasteiger partial charge in [0.1, 0.15) is 5.65 Å². The third-order valence-corrected chi connectivity index (χ3v) is 4.18. The number of morpholine rings is 1. The second kappa shape index (κ2) is 6.08. The largest absolute Gasteiger partial charge is 0.372 e. The van der Waals surface area contributed by atoms with E-state index >= 15 is 0 Å². The van der Waals surface area contributed by atoms with Crippen LogP contribution in [0.5, 0.6) is 0 Å². The van der Waals surface area contributed by atoms with Crippen LogP contribution in [0.15, 0.2) is 24.4 Å². The molecule has 0 radical (unpaired) electrons. The predicted octanol–water partition coefficient (Wildman–Crippen LogP) is 2.21. The number of carbonyl (C=O) groups is 1. The summed E-state index contributed by atoms with van der Waals surface area (Å²) in [5.74, 6) is 0.201. The molecule has 2 unspecified atom stereocenters. The summed E-state index contributed by atoms with van der Waals surface area (Å²) in [5, 5.41) is 0. The first-order chi connectivity index (χ1) is 10.5. The number of aromatic nitrogens is 2. The van der Waals surface area contributed by atoms with Gasteiger partial charge >= 0.3 is 0 Å². The maximum atomic E-state index is 12.5. The molecule has 3 heterocycles. The van der Waals surface area contributed by atoms with E-state index in [1.54, 1.807) is 0 Å². The van der Waals surface area contributed by atoms with E-state index in [0.29, 0.717) is 19.5 Å². The zero-order valence-electron chi connectivity index (χ0n) is 13.5. The van der Waals surface area contributed by atoms with E-state index in [9.17, 15) is 4.79 Å². The van der Waals surface area contributed by atoms with Gasteiger partial charge in [-0.15, -0.1) is 0 Å². The van der Waals surface area contributed by atoms with Gasteiger partial charge in [-0.1, -0.05) is 6.07 Å². The van der Waals surface area contributed by atoms with E-state index in [-0.39, 0.29) is 18.1 Å². The number of hydrogen-bond acceptors (Lipinski definition) is 3. The minimum atomic E-state index is 0.116. The number of ether oxygens (including phenoxy) is 1. The predicted molar refractivity (Wildman–Crippen MR) is 84.8 cm³/mol. The van der Waals surface area contributed by atoms with Crippen molar-refractivity contribution in [1.82, 2.24) is 14.3 Å². The molecule has 0 aliphatic carbocycles. The minimum absolute atomic E-state index is 0.116. The van der Waals surface area contributed by atoms with Gasteiger partial charge in [-0.2, -0.15) is 0 Å². The summed E-state index contributed by atoms with van der Waals surface area (Å²) >= 11 is 0. The lowest BCUT2D eigenvalue weighted by atomic mass is 10.1. The molecule has 0 N–H and O–H groups in total. The molecular formula is C17H23N3O2. The van der Waals surface area contributed by atoms with Crippen LogP contribution in [0.25, 0.3) is 5.65 Å². The van der Waals surface area contributed by atoms with Crippen LogP contribution in [0.1, 0.15) is 31.7 Å². The fraction of sp³-hybridized carbons (Fsp3) is 0.529. The highest BCUT2D eigenvalue weighted by atomic mass is 16.5. The number of carbonyl (C=O) groups excluding carboxylic acids is 1. The maximum absolute atomic E-state index is 12.5. The molecule has 0 spiro atoms. The lowest BCUT2D eigenvalue weighted by Gasteiger charge is -2.35. The molecule has 1 aliphatic heterocycles. The Morgan fingerprint density at radius 2 is 2.05 bits per heavy atom. The fourth-order valence-electron chi connectivity index (χ4n) is 3.23. The zero-order chi connectivity index (χ0) is 15.7. The van der Waals surface area contributed by atoms with Crippen LogP contribution >= 0.6 is 0 Å². The smallest absolute Gasteiger partial charge is 0.223 e. The number of pyridine rings is 1. The fourth-order valence-corrected chi connectivity index (χ4v) is 3.23. The number of hydrogen-bond donors (Lipinski definition) is 0. The van der Waals surface area contributed by atoms with Crippen LogP contribution < -0.4 is 0 Å². The van der Waals surface area contributed by atoms with Crippen molar-refractivity contribution >= 4 is 11.6 Å². The molecule has 1 saturated heterocycles. The van der Waals surface area contributed by atoms with Crippen LogP contribution in [0.4, 0.5) is 0 Å². The van der Waals surface area contributed by atoms with Crippen molar-refractivity contribution in [1.29, 1.82) is 0 Å². The van der Waals surface area contributed by atoms with Gasteiger partial charge in [0.25, 0.3) is 0 Å². The van der Waals surface area contributed by atoms with Crippen LogP contribution in [0.3, 0.4) is 0 Å². The minimum Gasteiger partial charge on any atom is -0.372 e. The maximum Gasteiger partial charge on any atom is 0.223 e. The van der Waals surface area contributed by atoms with Gasteiger partial charge in [-0.3, -0.25) is 4.79 Å². The van der Waals surface area contributed by atoms with Crippen molar-refractivity contribution in [3.8, 4) is 0 Å². The second-order valence-corrected chi connectivity index (χ2v) is 6.13. The molecule has 2 aromatic rings. The molecule has 5 nitrogen and oxygen atoms in total. The van der Waals surface area contributed by atoms with Gasteiger partial charge < -0.3 is 14.0 Å². The number of imidazole rings is 1. The number of fused-ring (bicyclic) bond motifs is 1. The molecule has 0 saturated carbocycles. The first kappa shape index (κ1) is 15.0. The molecule has 1 fully saturated rings. The lowest BCUT2D eigenvalue weighted by Crippen LogP contribution is -2.48. The zero-order valence-corrected chi connectivity index (χ0v) is 13.5. The van der Waals surface area contributed by atoms with Crippen molar-refractivity contribution in [3.63, 3.8) is 0 Å². The summed E-state index contributed by atoms with van der Waals surface area (Å²) in [4.78, 5) is 18.9. The number of aryl methyl sites for hydroxylation is 2. The number of amides is 1. The third-order valence-electron chi connectivity index (χ3n) is 4.18. The van der Waals surface area contributed by atoms with Crippen LogP contribution in [-0.4, -0.2) is 45.5 Å². The first-order valence-electron chi connectivity index (χ1n) is 7.90. The topological polar surface area (TPSA) is 46.8 Å². The Labute approximate surface area is 130 Å². The number of rotatable bonds is 3. The standard InChI is InChI=1S/C17H23N3O2/c1-12-10-19(11-13(2)22-12)17(21)8-7-15-14(3)18-16-6-4-5-9-20(15)16/h4-6,9,12-13H,7-8,10-11H2,1-3H3. The summed E-state index contributed by atoms with van der Waals surface area (Å²) in [7, 11) is 0. The Hall–Kier alpha value is -1.88. The molecule has 22 heavy (non-hydrogen) atoms. The lowest BCUT2D eigenvalue weighted by molar-refractivity contribution is -0.143. The van der Waals surface area contributed by atoms with Crippen molar-refractivity contribution < 1.29 is 9.53 Å². The van der Waals surface area contributed by atoms with Crippen molar-refractivity contribution in [2.75, 3.05) is 13.1 Å². The van der Waals surface area contributed by atoms with E-state index in [0.717, 1.165) is 23.5 Å². The summed E-state index contributed by atoms with van der Waals surface area (Å²) in [6.07, 6.45) is 3.47. The molecule has 0 bridgehead atoms. The monoisotopic (exact) mass is 301 g/mol. The van der Waals surface area contributed by atoms with Crippen molar-refractivity contribution in [2.45, 2.75) is 45.8 Å². The van der Waals surface area contributed by atoms with Gasteiger partial charge in [0, 0.05) is 31.4 Å². The molecule has 1 aliphatic rings. The quantitative estimate of drug-likeness (QED) is 0.873. The molecule has 118 valence electrons. The summed E-state index contributed by atoms with van der Waals surface area (Å²) in [6.45, 7) is 7.42. The van der Waals surface area contributed by atoms with Crippen LogP contribution in [0.2, 0.25) is 0 Å². The highest BCUT2D eigenvalue weighted by Gasteiger charge is 2.25. The van der Waals surface area contributed by atoms with Gasteiger partial charge in [0.15, 0.2) is 0 Å². The Kier molecular flexibility index (Phi) is 4.16. The molecule has 0 aromatic carbocycles. The molecule has 5 heteroatoms. The average molecular weight is 301 g/mol. The molecular weight excluding hydrogens is 278 g/mol. The van der Waals surface area contributed by atoms with Gasteiger partial charge in [-0.05, 0) is 39.3 Å². The van der Waals surface area contributed by atoms with Crippen LogP contribution in [0, 0.1) is 6.92 Å². The third kappa shape index (κ3) is 2.99. The summed E-state index contributed by atoms with van der Waals surface area (Å²) < 4.78 is 7.76. The summed E-state index contributed by atoms with van der Waals surface area (Å²) in [5.41, 5.74) is 3.07. The van der Waals surface area contributed by atoms with E-state index < -0.39 is 0 Å². The van der Waals surface area contributed by atoms with E-state index in [4.69, 9.17) is 4.74 Å². The Morgan fingerprint density at radius 1 is 1.32 bits per heavy atom. The van der Waals surface area contributed by atoms with Crippen molar-refractivity contribution in [3.05, 3.63) is 35.8 Å². The Morgan fingerprint density at radius 3 is 2.77 bits per heavy atom. The molecule has 2 aromatic heterocycles. The van der Waals surface area contributed by atoms with E-state index in [2.05, 4.69) is 9.38 Å². The highest BCUT2D eigenvalue weighted by molar-refractivity contribution is 5.76. The summed E-state index contributed by atoms with van der Waals surface area (Å²) in [6, 6.07) is 5.96. The highest BCUT2D eigenvalue weighted by Crippen LogP contribution is 2.16. The molecule has 2 atom stereocenters. The Balaban J connectivity index is 1.69. The van der Waals surface area contributed by atoms with E-state index in [1.165, 1.54) is 0 Å². The SMILES string of the molecule is Cc1nc2ccccn2c1CCC(=O)N1CC(C)OC(C)C1. The first-order valence-corrected chi connectivity index (χ1v) is 7.90. The van der Waals surface area contributed by atoms with Gasteiger partial charge in [0.2, 0.25) is 5.91 Å². The molecule has 3 rings (SSSR count). The number of nitrogens with zero attached hydrogens (tertiary/aromatic N) is 3. The normalized spacial score (nSPS) is 22.2. The van der Waals surface area contributed by atoms with Gasteiger partial charge in [-0.25, -0.2) is 4.98 Å². The van der Waals surface area contributed by atoms with Gasteiger partial charge in [0.05, 0.1) is 17.9 Å². The van der Waals surface area contributed by atoms with Crippen molar-refractivity contribution in [2.24, 2.45) is 0 Å². The van der Waals surface area contributed by atoms with Crippen LogP contribution in [-0.2, 0) is 16.0 Å². The Bertz CT molecular complexity index is 670. The average Bonchev–Trinajstić information content (AvgIpc) is 2.79. The molecule has 1 amide bonds. The van der Waals surface area contributed by atoms with E-state index in [1.807, 2.05) is 50.1 Å². The second-order valence-electron chi connectivity index (χ2n) is 6.13.